The third-order valence-electron chi connectivity index (χ3n) is 2.42. The average Bonchev–Trinajstić information content (AvgIpc) is 2.38. The molecule has 0 aliphatic carbocycles. The maximum absolute atomic E-state index is 11.7. The predicted octanol–water partition coefficient (Wildman–Crippen LogP) is 1.35. The van der Waals surface area contributed by atoms with Crippen LogP contribution in [-0.2, 0) is 11.3 Å². The average molecular weight is 263 g/mol. The number of amides is 1. The number of hydrogen-bond acceptors (Lipinski definition) is 3. The van der Waals surface area contributed by atoms with Crippen LogP contribution in [0.4, 0.5) is 0 Å². The number of hydrogen-bond donors (Lipinski definition) is 1. The summed E-state index contributed by atoms with van der Waals surface area (Å²) in [5.41, 5.74) is 1.85. The molecule has 0 heterocycles. The van der Waals surface area contributed by atoms with Crippen molar-refractivity contribution in [3.8, 4) is 11.8 Å². The molecule has 0 bridgehead atoms. The van der Waals surface area contributed by atoms with E-state index in [1.165, 1.54) is 11.8 Å². The SMILES string of the molecule is CSCC(=O)N(C)Cc1ccccc1C#CCO. The molecule has 1 amide bonds. The van der Waals surface area contributed by atoms with Gasteiger partial charge in [-0.3, -0.25) is 4.79 Å². The van der Waals surface area contributed by atoms with Crippen LogP contribution in [0.3, 0.4) is 0 Å². The minimum atomic E-state index is -0.157. The van der Waals surface area contributed by atoms with Gasteiger partial charge in [0.25, 0.3) is 0 Å². The summed E-state index contributed by atoms with van der Waals surface area (Å²) < 4.78 is 0. The van der Waals surface area contributed by atoms with Crippen molar-refractivity contribution in [1.29, 1.82) is 0 Å². The monoisotopic (exact) mass is 263 g/mol. The summed E-state index contributed by atoms with van der Waals surface area (Å²) in [6, 6.07) is 7.66. The Kier molecular flexibility index (Phi) is 6.34. The van der Waals surface area contributed by atoms with E-state index in [1.54, 1.807) is 11.9 Å². The molecule has 1 rings (SSSR count). The fourth-order valence-electron chi connectivity index (χ4n) is 1.49. The second kappa shape index (κ2) is 7.80. The highest BCUT2D eigenvalue weighted by molar-refractivity contribution is 7.99. The molecule has 0 unspecified atom stereocenters. The van der Waals surface area contributed by atoms with Gasteiger partial charge in [-0.1, -0.05) is 30.0 Å². The molecule has 3 nitrogen and oxygen atoms in total. The Labute approximate surface area is 112 Å². The van der Waals surface area contributed by atoms with Crippen molar-refractivity contribution in [2.75, 3.05) is 25.7 Å². The molecule has 0 aromatic heterocycles. The van der Waals surface area contributed by atoms with Crippen molar-refractivity contribution < 1.29 is 9.90 Å². The molecule has 0 aliphatic rings. The molecule has 96 valence electrons. The van der Waals surface area contributed by atoms with Gasteiger partial charge >= 0.3 is 0 Å². The number of carbonyl (C=O) groups is 1. The molecular formula is C14H17NO2S. The summed E-state index contributed by atoms with van der Waals surface area (Å²) in [5, 5.41) is 8.72. The predicted molar refractivity (Wildman–Crippen MR) is 75.3 cm³/mol. The van der Waals surface area contributed by atoms with E-state index in [1.807, 2.05) is 30.5 Å². The molecule has 1 aromatic carbocycles. The minimum absolute atomic E-state index is 0.104. The number of benzene rings is 1. The Morgan fingerprint density at radius 3 is 2.83 bits per heavy atom. The lowest BCUT2D eigenvalue weighted by atomic mass is 10.1. The molecule has 0 radical (unpaired) electrons. The lowest BCUT2D eigenvalue weighted by molar-refractivity contribution is -0.127. The fraction of sp³-hybridized carbons (Fsp3) is 0.357. The lowest BCUT2D eigenvalue weighted by Crippen LogP contribution is -2.28. The molecule has 1 aromatic rings. The number of aliphatic hydroxyl groups is 1. The quantitative estimate of drug-likeness (QED) is 0.834. The Balaban J connectivity index is 2.80. The number of aliphatic hydroxyl groups excluding tert-OH is 1. The Bertz CT molecular complexity index is 462. The van der Waals surface area contributed by atoms with Gasteiger partial charge in [0.2, 0.25) is 5.91 Å². The zero-order valence-electron chi connectivity index (χ0n) is 10.6. The van der Waals surface area contributed by atoms with Crippen molar-refractivity contribution >= 4 is 17.7 Å². The second-order valence-electron chi connectivity index (χ2n) is 3.80. The van der Waals surface area contributed by atoms with Crippen LogP contribution in [0.5, 0.6) is 0 Å². The van der Waals surface area contributed by atoms with Crippen molar-refractivity contribution in [3.63, 3.8) is 0 Å². The molecule has 18 heavy (non-hydrogen) atoms. The Morgan fingerprint density at radius 1 is 1.44 bits per heavy atom. The van der Waals surface area contributed by atoms with E-state index in [9.17, 15) is 4.79 Å². The van der Waals surface area contributed by atoms with Crippen LogP contribution < -0.4 is 0 Å². The zero-order chi connectivity index (χ0) is 13.4. The van der Waals surface area contributed by atoms with Crippen LogP contribution >= 0.6 is 11.8 Å². The fourth-order valence-corrected chi connectivity index (χ4v) is 1.96. The number of thioether (sulfide) groups is 1. The number of rotatable bonds is 4. The van der Waals surface area contributed by atoms with Crippen molar-refractivity contribution in [1.82, 2.24) is 4.90 Å². The number of nitrogens with zero attached hydrogens (tertiary/aromatic N) is 1. The summed E-state index contributed by atoms with van der Waals surface area (Å²) in [6.07, 6.45) is 1.91. The summed E-state index contributed by atoms with van der Waals surface area (Å²) >= 11 is 1.51. The van der Waals surface area contributed by atoms with E-state index in [2.05, 4.69) is 11.8 Å². The minimum Gasteiger partial charge on any atom is -0.384 e. The van der Waals surface area contributed by atoms with E-state index >= 15 is 0 Å². The van der Waals surface area contributed by atoms with Gasteiger partial charge in [0, 0.05) is 19.2 Å². The van der Waals surface area contributed by atoms with E-state index in [0.717, 1.165) is 11.1 Å². The van der Waals surface area contributed by atoms with Gasteiger partial charge in [-0.05, 0) is 17.9 Å². The van der Waals surface area contributed by atoms with Crippen LogP contribution in [0.2, 0.25) is 0 Å². The van der Waals surface area contributed by atoms with E-state index in [4.69, 9.17) is 5.11 Å². The highest BCUT2D eigenvalue weighted by Crippen LogP contribution is 2.10. The highest BCUT2D eigenvalue weighted by Gasteiger charge is 2.09. The topological polar surface area (TPSA) is 40.5 Å². The van der Waals surface area contributed by atoms with Gasteiger partial charge in [0.05, 0.1) is 5.75 Å². The standard InChI is InChI=1S/C14H17NO2S/c1-15(14(17)11-18-2)10-13-7-4-3-6-12(13)8-5-9-16/h3-4,6-7,16H,9-11H2,1-2H3. The van der Waals surface area contributed by atoms with Crippen molar-refractivity contribution in [3.05, 3.63) is 35.4 Å². The molecule has 1 N–H and O–H groups in total. The molecule has 4 heteroatoms. The van der Waals surface area contributed by atoms with Crippen LogP contribution in [-0.4, -0.2) is 41.6 Å². The first kappa shape index (κ1) is 14.6. The maximum Gasteiger partial charge on any atom is 0.232 e. The van der Waals surface area contributed by atoms with Crippen LogP contribution in [0.15, 0.2) is 24.3 Å². The largest absolute Gasteiger partial charge is 0.384 e. The zero-order valence-corrected chi connectivity index (χ0v) is 11.5. The highest BCUT2D eigenvalue weighted by atomic mass is 32.2. The van der Waals surface area contributed by atoms with E-state index in [-0.39, 0.29) is 12.5 Å². The van der Waals surface area contributed by atoms with Crippen LogP contribution in [0.1, 0.15) is 11.1 Å². The first-order valence-corrected chi connectivity index (χ1v) is 6.99. The van der Waals surface area contributed by atoms with Crippen LogP contribution in [0.25, 0.3) is 0 Å². The first-order chi connectivity index (χ1) is 8.69. The summed E-state index contributed by atoms with van der Waals surface area (Å²) in [7, 11) is 1.79. The second-order valence-corrected chi connectivity index (χ2v) is 4.67. The van der Waals surface area contributed by atoms with E-state index < -0.39 is 0 Å². The molecule has 0 fully saturated rings. The van der Waals surface area contributed by atoms with Gasteiger partial charge in [-0.25, -0.2) is 0 Å². The van der Waals surface area contributed by atoms with Gasteiger partial charge in [-0.15, -0.1) is 0 Å². The Hall–Kier alpha value is -1.44. The van der Waals surface area contributed by atoms with Gasteiger partial charge in [-0.2, -0.15) is 11.8 Å². The van der Waals surface area contributed by atoms with Gasteiger partial charge in [0.15, 0.2) is 0 Å². The molecule has 0 aliphatic heterocycles. The van der Waals surface area contributed by atoms with Gasteiger partial charge in [0.1, 0.15) is 6.61 Å². The summed E-state index contributed by atoms with van der Waals surface area (Å²) in [6.45, 7) is 0.380. The molecule has 0 atom stereocenters. The maximum atomic E-state index is 11.7. The summed E-state index contributed by atoms with van der Waals surface area (Å²) in [5.74, 6) is 6.12. The third-order valence-corrected chi connectivity index (χ3v) is 2.96. The third kappa shape index (κ3) is 4.44. The first-order valence-electron chi connectivity index (χ1n) is 5.59. The normalized spacial score (nSPS) is 9.50. The number of carbonyl (C=O) groups excluding carboxylic acids is 1. The molecular weight excluding hydrogens is 246 g/mol. The molecule has 0 spiro atoms. The Morgan fingerprint density at radius 2 is 2.17 bits per heavy atom. The van der Waals surface area contributed by atoms with Crippen LogP contribution in [0, 0.1) is 11.8 Å². The smallest absolute Gasteiger partial charge is 0.232 e. The van der Waals surface area contributed by atoms with E-state index in [0.29, 0.717) is 12.3 Å². The lowest BCUT2D eigenvalue weighted by Gasteiger charge is -2.17. The van der Waals surface area contributed by atoms with Crippen molar-refractivity contribution in [2.24, 2.45) is 0 Å². The van der Waals surface area contributed by atoms with Crippen molar-refractivity contribution in [2.45, 2.75) is 6.54 Å². The molecule has 0 saturated carbocycles. The van der Waals surface area contributed by atoms with Gasteiger partial charge < -0.3 is 10.0 Å². The summed E-state index contributed by atoms with van der Waals surface area (Å²) in [4.78, 5) is 13.4. The molecule has 0 saturated heterocycles.